The Bertz CT molecular complexity index is 283. The van der Waals surface area contributed by atoms with Crippen LogP contribution in [0.3, 0.4) is 0 Å². The van der Waals surface area contributed by atoms with Crippen molar-refractivity contribution in [3.05, 3.63) is 23.7 Å². The molecule has 0 bridgehead atoms. The van der Waals surface area contributed by atoms with E-state index < -0.39 is 0 Å². The largest absolute Gasteiger partial charge is 0.465 e. The van der Waals surface area contributed by atoms with Crippen molar-refractivity contribution < 1.29 is 9.52 Å². The van der Waals surface area contributed by atoms with Crippen LogP contribution in [-0.2, 0) is 13.0 Å². The van der Waals surface area contributed by atoms with E-state index in [-0.39, 0.29) is 6.10 Å². The Morgan fingerprint density at radius 1 is 1.31 bits per heavy atom. The molecule has 1 unspecified atom stereocenters. The quantitative estimate of drug-likeness (QED) is 0.668. The van der Waals surface area contributed by atoms with Crippen molar-refractivity contribution in [1.82, 2.24) is 5.32 Å². The Morgan fingerprint density at radius 3 is 2.69 bits per heavy atom. The highest BCUT2D eigenvalue weighted by atomic mass is 16.3. The van der Waals surface area contributed by atoms with Crippen LogP contribution in [0.4, 0.5) is 0 Å². The summed E-state index contributed by atoms with van der Waals surface area (Å²) < 4.78 is 5.57. The van der Waals surface area contributed by atoms with Gasteiger partial charge in [0, 0.05) is 6.42 Å². The maximum absolute atomic E-state index is 9.36. The molecule has 0 saturated heterocycles. The SMILES string of the molecule is CCc1ccc(CNCCCC(O)CC)o1. The molecule has 0 saturated carbocycles. The lowest BCUT2D eigenvalue weighted by Gasteiger charge is -2.07. The van der Waals surface area contributed by atoms with E-state index in [0.29, 0.717) is 0 Å². The van der Waals surface area contributed by atoms with E-state index >= 15 is 0 Å². The number of aliphatic hydroxyl groups is 1. The van der Waals surface area contributed by atoms with Gasteiger partial charge in [-0.15, -0.1) is 0 Å². The molecular weight excluding hydrogens is 202 g/mol. The molecule has 0 aliphatic rings. The van der Waals surface area contributed by atoms with Crippen LogP contribution in [0.5, 0.6) is 0 Å². The molecule has 0 spiro atoms. The molecule has 2 N–H and O–H groups in total. The van der Waals surface area contributed by atoms with E-state index in [0.717, 1.165) is 50.3 Å². The Hall–Kier alpha value is -0.800. The van der Waals surface area contributed by atoms with Gasteiger partial charge in [-0.05, 0) is 37.9 Å². The monoisotopic (exact) mass is 225 g/mol. The number of furan rings is 1. The van der Waals surface area contributed by atoms with Gasteiger partial charge >= 0.3 is 0 Å². The van der Waals surface area contributed by atoms with Gasteiger partial charge in [0.25, 0.3) is 0 Å². The molecule has 0 aliphatic heterocycles. The first-order valence-electron chi connectivity index (χ1n) is 6.22. The predicted molar refractivity (Wildman–Crippen MR) is 65.3 cm³/mol. The standard InChI is InChI=1S/C13H23NO2/c1-3-11(15)6-5-9-14-10-13-8-7-12(4-2)16-13/h7-8,11,14-15H,3-6,9-10H2,1-2H3. The fraction of sp³-hybridized carbons (Fsp3) is 0.692. The van der Waals surface area contributed by atoms with Crippen LogP contribution >= 0.6 is 0 Å². The van der Waals surface area contributed by atoms with Crippen LogP contribution in [0.2, 0.25) is 0 Å². The van der Waals surface area contributed by atoms with Gasteiger partial charge < -0.3 is 14.8 Å². The van der Waals surface area contributed by atoms with E-state index in [1.54, 1.807) is 0 Å². The highest BCUT2D eigenvalue weighted by Gasteiger charge is 2.01. The van der Waals surface area contributed by atoms with Crippen LogP contribution in [0.15, 0.2) is 16.5 Å². The summed E-state index contributed by atoms with van der Waals surface area (Å²) in [6.45, 7) is 5.80. The van der Waals surface area contributed by atoms with E-state index in [4.69, 9.17) is 4.42 Å². The molecular formula is C13H23NO2. The normalized spacial score (nSPS) is 12.9. The zero-order valence-electron chi connectivity index (χ0n) is 10.3. The van der Waals surface area contributed by atoms with Gasteiger partial charge in [-0.3, -0.25) is 0 Å². The lowest BCUT2D eigenvalue weighted by atomic mass is 10.1. The van der Waals surface area contributed by atoms with Crippen molar-refractivity contribution >= 4 is 0 Å². The summed E-state index contributed by atoms with van der Waals surface area (Å²) >= 11 is 0. The minimum atomic E-state index is -0.142. The number of hydrogen-bond acceptors (Lipinski definition) is 3. The van der Waals surface area contributed by atoms with Crippen LogP contribution in [0, 0.1) is 0 Å². The first-order chi connectivity index (χ1) is 7.76. The lowest BCUT2D eigenvalue weighted by Crippen LogP contribution is -2.16. The summed E-state index contributed by atoms with van der Waals surface area (Å²) in [4.78, 5) is 0. The van der Waals surface area contributed by atoms with Gasteiger partial charge in [0.15, 0.2) is 0 Å². The third-order valence-corrected chi connectivity index (χ3v) is 2.73. The average molecular weight is 225 g/mol. The zero-order chi connectivity index (χ0) is 11.8. The molecule has 16 heavy (non-hydrogen) atoms. The Balaban J connectivity index is 2.07. The minimum Gasteiger partial charge on any atom is -0.465 e. The average Bonchev–Trinajstić information content (AvgIpc) is 2.76. The van der Waals surface area contributed by atoms with Gasteiger partial charge in [0.2, 0.25) is 0 Å². The van der Waals surface area contributed by atoms with Crippen LogP contribution in [0.25, 0.3) is 0 Å². The van der Waals surface area contributed by atoms with Gasteiger partial charge in [-0.25, -0.2) is 0 Å². The summed E-state index contributed by atoms with van der Waals surface area (Å²) in [6, 6.07) is 4.05. The van der Waals surface area contributed by atoms with Gasteiger partial charge in [0.1, 0.15) is 11.5 Å². The third-order valence-electron chi connectivity index (χ3n) is 2.73. The minimum absolute atomic E-state index is 0.142. The van der Waals surface area contributed by atoms with Crippen molar-refractivity contribution in [2.24, 2.45) is 0 Å². The highest BCUT2D eigenvalue weighted by Crippen LogP contribution is 2.08. The zero-order valence-corrected chi connectivity index (χ0v) is 10.3. The second-order valence-electron chi connectivity index (χ2n) is 4.10. The molecule has 92 valence electrons. The maximum atomic E-state index is 9.36. The summed E-state index contributed by atoms with van der Waals surface area (Å²) in [5.74, 6) is 2.03. The first kappa shape index (κ1) is 13.3. The van der Waals surface area contributed by atoms with Crippen molar-refractivity contribution in [1.29, 1.82) is 0 Å². The Kier molecular flexibility index (Phi) is 6.19. The van der Waals surface area contributed by atoms with Gasteiger partial charge in [-0.2, -0.15) is 0 Å². The third kappa shape index (κ3) is 4.81. The van der Waals surface area contributed by atoms with Crippen molar-refractivity contribution in [2.45, 2.75) is 52.2 Å². The molecule has 0 fully saturated rings. The number of hydrogen-bond donors (Lipinski definition) is 2. The van der Waals surface area contributed by atoms with E-state index in [1.165, 1.54) is 0 Å². The van der Waals surface area contributed by atoms with E-state index in [1.807, 2.05) is 19.1 Å². The molecule has 0 aromatic carbocycles. The maximum Gasteiger partial charge on any atom is 0.117 e. The highest BCUT2D eigenvalue weighted by molar-refractivity contribution is 5.06. The fourth-order valence-corrected chi connectivity index (χ4v) is 1.59. The molecule has 3 heteroatoms. The Morgan fingerprint density at radius 2 is 2.06 bits per heavy atom. The van der Waals surface area contributed by atoms with Crippen LogP contribution in [0.1, 0.15) is 44.6 Å². The van der Waals surface area contributed by atoms with E-state index in [2.05, 4.69) is 12.2 Å². The van der Waals surface area contributed by atoms with Gasteiger partial charge in [-0.1, -0.05) is 13.8 Å². The number of nitrogens with one attached hydrogen (secondary N) is 1. The van der Waals surface area contributed by atoms with Crippen molar-refractivity contribution in [3.8, 4) is 0 Å². The number of aliphatic hydroxyl groups excluding tert-OH is 1. The molecule has 0 aliphatic carbocycles. The van der Waals surface area contributed by atoms with Crippen LogP contribution < -0.4 is 5.32 Å². The van der Waals surface area contributed by atoms with Crippen molar-refractivity contribution in [2.75, 3.05) is 6.54 Å². The summed E-state index contributed by atoms with van der Waals surface area (Å²) in [5, 5.41) is 12.7. The molecule has 1 rings (SSSR count). The molecule has 3 nitrogen and oxygen atoms in total. The second-order valence-corrected chi connectivity index (χ2v) is 4.10. The molecule has 1 atom stereocenters. The Labute approximate surface area is 97.9 Å². The number of rotatable bonds is 8. The fourth-order valence-electron chi connectivity index (χ4n) is 1.59. The lowest BCUT2D eigenvalue weighted by molar-refractivity contribution is 0.157. The summed E-state index contributed by atoms with van der Waals surface area (Å²) in [5.41, 5.74) is 0. The molecule has 1 heterocycles. The van der Waals surface area contributed by atoms with Crippen LogP contribution in [-0.4, -0.2) is 17.8 Å². The summed E-state index contributed by atoms with van der Waals surface area (Å²) in [6.07, 6.45) is 3.54. The first-order valence-corrected chi connectivity index (χ1v) is 6.22. The molecule has 0 amide bonds. The predicted octanol–water partition coefficient (Wildman–Crippen LogP) is 2.48. The van der Waals surface area contributed by atoms with E-state index in [9.17, 15) is 5.11 Å². The molecule has 0 radical (unpaired) electrons. The summed E-state index contributed by atoms with van der Waals surface area (Å²) in [7, 11) is 0. The molecule has 1 aromatic heterocycles. The second kappa shape index (κ2) is 7.47. The smallest absolute Gasteiger partial charge is 0.117 e. The van der Waals surface area contributed by atoms with Crippen molar-refractivity contribution in [3.63, 3.8) is 0 Å². The molecule has 1 aromatic rings. The van der Waals surface area contributed by atoms with Gasteiger partial charge in [0.05, 0.1) is 12.6 Å². The number of aryl methyl sites for hydroxylation is 1. The topological polar surface area (TPSA) is 45.4 Å².